The van der Waals surface area contributed by atoms with Crippen molar-refractivity contribution in [2.24, 2.45) is 0 Å². The predicted octanol–water partition coefficient (Wildman–Crippen LogP) is 3.76. The number of hydrogen-bond acceptors (Lipinski definition) is 2. The molecule has 1 amide bonds. The van der Waals surface area contributed by atoms with Crippen LogP contribution in [0.1, 0.15) is 15.9 Å². The molecule has 5 heteroatoms. The summed E-state index contributed by atoms with van der Waals surface area (Å²) in [5, 5.41) is 0.601. The smallest absolute Gasteiger partial charge is 0.256 e. The zero-order valence-corrected chi connectivity index (χ0v) is 12.5. The van der Waals surface area contributed by atoms with Crippen molar-refractivity contribution in [2.45, 2.75) is 6.54 Å². The third-order valence-electron chi connectivity index (χ3n) is 3.06. The van der Waals surface area contributed by atoms with Crippen molar-refractivity contribution in [3.8, 4) is 5.75 Å². The first-order valence-corrected chi connectivity index (χ1v) is 6.72. The Bertz CT molecular complexity index is 660. The molecule has 0 spiro atoms. The Morgan fingerprint density at radius 3 is 2.67 bits per heavy atom. The summed E-state index contributed by atoms with van der Waals surface area (Å²) in [6, 6.07) is 11.4. The molecule has 3 nitrogen and oxygen atoms in total. The van der Waals surface area contributed by atoms with Crippen LogP contribution in [0.5, 0.6) is 5.75 Å². The van der Waals surface area contributed by atoms with Crippen molar-refractivity contribution in [2.75, 3.05) is 14.2 Å². The average Bonchev–Trinajstić information content (AvgIpc) is 2.46. The van der Waals surface area contributed by atoms with Crippen LogP contribution in [0.25, 0.3) is 0 Å². The van der Waals surface area contributed by atoms with Crippen molar-refractivity contribution in [1.82, 2.24) is 4.90 Å². The van der Waals surface area contributed by atoms with Crippen LogP contribution >= 0.6 is 11.6 Å². The first kappa shape index (κ1) is 15.3. The molecule has 0 saturated carbocycles. The fourth-order valence-corrected chi connectivity index (χ4v) is 2.20. The average molecular weight is 308 g/mol. The Morgan fingerprint density at radius 1 is 1.29 bits per heavy atom. The first-order valence-electron chi connectivity index (χ1n) is 6.34. The number of methoxy groups -OCH3 is 1. The summed E-state index contributed by atoms with van der Waals surface area (Å²) >= 11 is 5.91. The van der Waals surface area contributed by atoms with Crippen LogP contribution in [-0.2, 0) is 6.54 Å². The van der Waals surface area contributed by atoms with Gasteiger partial charge in [0.25, 0.3) is 5.91 Å². The van der Waals surface area contributed by atoms with E-state index >= 15 is 0 Å². The highest BCUT2D eigenvalue weighted by Crippen LogP contribution is 2.19. The molecule has 0 atom stereocenters. The molecule has 0 aliphatic carbocycles. The fraction of sp³-hybridized carbons (Fsp3) is 0.188. The van der Waals surface area contributed by atoms with Crippen LogP contribution in [0, 0.1) is 5.82 Å². The number of hydrogen-bond donors (Lipinski definition) is 0. The van der Waals surface area contributed by atoms with Gasteiger partial charge in [-0.05, 0) is 29.8 Å². The second kappa shape index (κ2) is 6.59. The van der Waals surface area contributed by atoms with Gasteiger partial charge in [0.2, 0.25) is 0 Å². The number of carbonyl (C=O) groups is 1. The Morgan fingerprint density at radius 2 is 2.05 bits per heavy atom. The van der Waals surface area contributed by atoms with Crippen molar-refractivity contribution in [3.05, 3.63) is 64.4 Å². The third-order valence-corrected chi connectivity index (χ3v) is 3.30. The Balaban J connectivity index is 2.15. The number of benzene rings is 2. The van der Waals surface area contributed by atoms with E-state index in [9.17, 15) is 9.18 Å². The van der Waals surface area contributed by atoms with Crippen molar-refractivity contribution < 1.29 is 13.9 Å². The molecule has 0 bridgehead atoms. The fourth-order valence-electron chi connectivity index (χ4n) is 1.98. The summed E-state index contributed by atoms with van der Waals surface area (Å²) in [6.45, 7) is 0.352. The van der Waals surface area contributed by atoms with E-state index in [1.165, 1.54) is 24.1 Å². The SMILES string of the molecule is COc1ccc(C(=O)N(C)Cc2cccc(Cl)c2)c(F)c1. The maximum Gasteiger partial charge on any atom is 0.256 e. The summed E-state index contributed by atoms with van der Waals surface area (Å²) in [5.74, 6) is -0.617. The van der Waals surface area contributed by atoms with Gasteiger partial charge in [-0.1, -0.05) is 23.7 Å². The van der Waals surface area contributed by atoms with E-state index in [0.29, 0.717) is 17.3 Å². The second-order valence-corrected chi connectivity index (χ2v) is 5.07. The molecule has 0 aromatic heterocycles. The summed E-state index contributed by atoms with van der Waals surface area (Å²) in [5.41, 5.74) is 0.896. The zero-order chi connectivity index (χ0) is 15.4. The molecule has 0 radical (unpaired) electrons. The molecule has 21 heavy (non-hydrogen) atoms. The minimum Gasteiger partial charge on any atom is -0.497 e. The number of nitrogens with zero attached hydrogens (tertiary/aromatic N) is 1. The Kier molecular flexibility index (Phi) is 4.81. The number of ether oxygens (including phenoxy) is 1. The van der Waals surface area contributed by atoms with Crippen LogP contribution in [0.3, 0.4) is 0 Å². The standard InChI is InChI=1S/C16H15ClFNO2/c1-19(10-11-4-3-5-12(17)8-11)16(20)14-7-6-13(21-2)9-15(14)18/h3-9H,10H2,1-2H3. The Hall–Kier alpha value is -2.07. The lowest BCUT2D eigenvalue weighted by molar-refractivity contribution is 0.0780. The van der Waals surface area contributed by atoms with E-state index in [2.05, 4.69) is 0 Å². The molecule has 0 unspecified atom stereocenters. The minimum absolute atomic E-state index is 0.0142. The van der Waals surface area contributed by atoms with Crippen molar-refractivity contribution in [1.29, 1.82) is 0 Å². The topological polar surface area (TPSA) is 29.5 Å². The lowest BCUT2D eigenvalue weighted by Gasteiger charge is -2.18. The molecule has 2 aromatic rings. The van der Waals surface area contributed by atoms with Gasteiger partial charge in [0.1, 0.15) is 11.6 Å². The van der Waals surface area contributed by atoms with Gasteiger partial charge in [0.05, 0.1) is 12.7 Å². The largest absolute Gasteiger partial charge is 0.497 e. The van der Waals surface area contributed by atoms with Gasteiger partial charge >= 0.3 is 0 Å². The van der Waals surface area contributed by atoms with Gasteiger partial charge in [0, 0.05) is 24.7 Å². The molecule has 110 valence electrons. The monoisotopic (exact) mass is 307 g/mol. The normalized spacial score (nSPS) is 10.3. The molecular formula is C16H15ClFNO2. The molecule has 2 aromatic carbocycles. The molecule has 0 aliphatic rings. The van der Waals surface area contributed by atoms with Gasteiger partial charge in [-0.25, -0.2) is 4.39 Å². The van der Waals surface area contributed by atoms with Crippen LogP contribution < -0.4 is 4.74 Å². The highest BCUT2D eigenvalue weighted by Gasteiger charge is 2.17. The van der Waals surface area contributed by atoms with Crippen LogP contribution in [0.2, 0.25) is 5.02 Å². The van der Waals surface area contributed by atoms with E-state index < -0.39 is 11.7 Å². The Labute approximate surface area is 127 Å². The van der Waals surface area contributed by atoms with E-state index in [1.54, 1.807) is 25.2 Å². The molecule has 0 heterocycles. The number of rotatable bonds is 4. The molecule has 2 rings (SSSR count). The first-order chi connectivity index (χ1) is 10.0. The zero-order valence-electron chi connectivity index (χ0n) is 11.8. The summed E-state index contributed by atoms with van der Waals surface area (Å²) in [4.78, 5) is 13.7. The predicted molar refractivity (Wildman–Crippen MR) is 80.2 cm³/mol. The van der Waals surface area contributed by atoms with E-state index in [-0.39, 0.29) is 5.56 Å². The summed E-state index contributed by atoms with van der Waals surface area (Å²) < 4.78 is 18.8. The third kappa shape index (κ3) is 3.73. The summed E-state index contributed by atoms with van der Waals surface area (Å²) in [7, 11) is 3.06. The van der Waals surface area contributed by atoms with Gasteiger partial charge in [-0.3, -0.25) is 4.79 Å². The van der Waals surface area contributed by atoms with Gasteiger partial charge in [-0.15, -0.1) is 0 Å². The van der Waals surface area contributed by atoms with Crippen LogP contribution in [0.4, 0.5) is 4.39 Å². The molecule has 0 N–H and O–H groups in total. The number of halogens is 2. The second-order valence-electron chi connectivity index (χ2n) is 4.64. The maximum absolute atomic E-state index is 13.9. The van der Waals surface area contributed by atoms with Gasteiger partial charge < -0.3 is 9.64 Å². The minimum atomic E-state index is -0.600. The van der Waals surface area contributed by atoms with E-state index in [4.69, 9.17) is 16.3 Å². The number of amides is 1. The molecular weight excluding hydrogens is 293 g/mol. The van der Waals surface area contributed by atoms with Crippen LogP contribution in [-0.4, -0.2) is 25.0 Å². The van der Waals surface area contributed by atoms with E-state index in [1.807, 2.05) is 12.1 Å². The molecule has 0 saturated heterocycles. The van der Waals surface area contributed by atoms with Crippen molar-refractivity contribution >= 4 is 17.5 Å². The maximum atomic E-state index is 13.9. The van der Waals surface area contributed by atoms with Gasteiger partial charge in [-0.2, -0.15) is 0 Å². The van der Waals surface area contributed by atoms with Crippen molar-refractivity contribution in [3.63, 3.8) is 0 Å². The lowest BCUT2D eigenvalue weighted by Crippen LogP contribution is -2.27. The quantitative estimate of drug-likeness (QED) is 0.860. The van der Waals surface area contributed by atoms with Gasteiger partial charge in [0.15, 0.2) is 0 Å². The molecule has 0 fully saturated rings. The number of carbonyl (C=O) groups excluding carboxylic acids is 1. The highest BCUT2D eigenvalue weighted by atomic mass is 35.5. The molecule has 0 aliphatic heterocycles. The van der Waals surface area contributed by atoms with E-state index in [0.717, 1.165) is 5.56 Å². The lowest BCUT2D eigenvalue weighted by atomic mass is 10.1. The van der Waals surface area contributed by atoms with Crippen LogP contribution in [0.15, 0.2) is 42.5 Å². The highest BCUT2D eigenvalue weighted by molar-refractivity contribution is 6.30. The summed E-state index contributed by atoms with van der Waals surface area (Å²) in [6.07, 6.45) is 0.